The standard InChI is InChI=1S/C17H19NO2S/c19-17(20)11-13-7-3-5-12(13)6-4-10-16-18-14-8-1-2-9-15(14)21-16/h1-2,4,6,8-9,12-13H,3,5,7,10-11H2,(H,19,20)/b6-4+/t12?,13-/m1/s1. The smallest absolute Gasteiger partial charge is 0.303 e. The highest BCUT2D eigenvalue weighted by atomic mass is 32.1. The third-order valence-corrected chi connectivity index (χ3v) is 5.23. The van der Waals surface area contributed by atoms with Crippen molar-refractivity contribution in [1.82, 2.24) is 4.98 Å². The van der Waals surface area contributed by atoms with E-state index in [1.807, 2.05) is 18.2 Å². The highest BCUT2D eigenvalue weighted by Gasteiger charge is 2.26. The van der Waals surface area contributed by atoms with Gasteiger partial charge in [0.05, 0.1) is 15.2 Å². The van der Waals surface area contributed by atoms with Crippen LogP contribution in [-0.2, 0) is 11.2 Å². The maximum atomic E-state index is 10.9. The van der Waals surface area contributed by atoms with E-state index in [0.717, 1.165) is 36.2 Å². The number of nitrogens with zero attached hydrogens (tertiary/aromatic N) is 1. The lowest BCUT2D eigenvalue weighted by Gasteiger charge is -2.13. The summed E-state index contributed by atoms with van der Waals surface area (Å²) in [5, 5.41) is 10.1. The largest absolute Gasteiger partial charge is 0.481 e. The summed E-state index contributed by atoms with van der Waals surface area (Å²) in [5.41, 5.74) is 1.07. The first-order valence-corrected chi connectivity index (χ1v) is 8.27. The number of benzene rings is 1. The minimum Gasteiger partial charge on any atom is -0.481 e. The number of fused-ring (bicyclic) bond motifs is 1. The lowest BCUT2D eigenvalue weighted by molar-refractivity contribution is -0.138. The first kappa shape index (κ1) is 14.3. The second kappa shape index (κ2) is 6.39. The van der Waals surface area contributed by atoms with Crippen molar-refractivity contribution in [3.05, 3.63) is 41.4 Å². The van der Waals surface area contributed by atoms with Gasteiger partial charge in [0.1, 0.15) is 0 Å². The van der Waals surface area contributed by atoms with Crippen molar-refractivity contribution in [2.24, 2.45) is 11.8 Å². The van der Waals surface area contributed by atoms with Crippen molar-refractivity contribution < 1.29 is 9.90 Å². The van der Waals surface area contributed by atoms with Crippen molar-refractivity contribution in [3.8, 4) is 0 Å². The normalized spacial score (nSPS) is 22.3. The van der Waals surface area contributed by atoms with Crippen LogP contribution in [-0.4, -0.2) is 16.1 Å². The first-order chi connectivity index (χ1) is 10.2. The fourth-order valence-electron chi connectivity index (χ4n) is 3.15. The Kier molecular flexibility index (Phi) is 4.34. The number of carbonyl (C=O) groups is 1. The molecular weight excluding hydrogens is 282 g/mol. The lowest BCUT2D eigenvalue weighted by Crippen LogP contribution is -2.11. The number of para-hydroxylation sites is 1. The average Bonchev–Trinajstić information content (AvgIpc) is 3.05. The van der Waals surface area contributed by atoms with E-state index in [2.05, 4.69) is 23.2 Å². The number of carboxylic acid groups (broad SMARTS) is 1. The number of allylic oxidation sites excluding steroid dienone is 2. The summed E-state index contributed by atoms with van der Waals surface area (Å²) in [7, 11) is 0. The zero-order valence-electron chi connectivity index (χ0n) is 11.9. The minimum atomic E-state index is -0.675. The molecule has 0 radical (unpaired) electrons. The van der Waals surface area contributed by atoms with E-state index in [9.17, 15) is 4.79 Å². The summed E-state index contributed by atoms with van der Waals surface area (Å²) in [6.07, 6.45) is 8.84. The van der Waals surface area contributed by atoms with Gasteiger partial charge >= 0.3 is 5.97 Å². The summed E-state index contributed by atoms with van der Waals surface area (Å²) in [5.74, 6) is 0.0658. The van der Waals surface area contributed by atoms with Crippen molar-refractivity contribution in [3.63, 3.8) is 0 Å². The van der Waals surface area contributed by atoms with Gasteiger partial charge in [-0.3, -0.25) is 4.79 Å². The molecule has 1 aromatic heterocycles. The van der Waals surface area contributed by atoms with Crippen LogP contribution in [0.2, 0.25) is 0 Å². The third kappa shape index (κ3) is 3.50. The monoisotopic (exact) mass is 301 g/mol. The SMILES string of the molecule is O=C(O)C[C@H]1CCCC1/C=C/Cc1nc2ccccc2s1. The summed E-state index contributed by atoms with van der Waals surface area (Å²) in [4.78, 5) is 15.5. The molecule has 1 N–H and O–H groups in total. The number of thiazole rings is 1. The number of hydrogen-bond acceptors (Lipinski definition) is 3. The van der Waals surface area contributed by atoms with Crippen LogP contribution in [0, 0.1) is 11.8 Å². The van der Waals surface area contributed by atoms with E-state index in [0.29, 0.717) is 18.3 Å². The maximum absolute atomic E-state index is 10.9. The Balaban J connectivity index is 1.62. The van der Waals surface area contributed by atoms with Gasteiger partial charge in [-0.05, 0) is 36.8 Å². The molecule has 1 aromatic carbocycles. The number of carboxylic acids is 1. The molecule has 1 fully saturated rings. The number of hydrogen-bond donors (Lipinski definition) is 1. The highest BCUT2D eigenvalue weighted by Crippen LogP contribution is 2.35. The summed E-state index contributed by atoms with van der Waals surface area (Å²) in [6.45, 7) is 0. The van der Waals surface area contributed by atoms with Gasteiger partial charge in [0.25, 0.3) is 0 Å². The Hall–Kier alpha value is -1.68. The Bertz CT molecular complexity index is 629. The van der Waals surface area contributed by atoms with Gasteiger partial charge in [-0.15, -0.1) is 11.3 Å². The molecule has 1 saturated carbocycles. The van der Waals surface area contributed by atoms with Gasteiger partial charge in [0.2, 0.25) is 0 Å². The third-order valence-electron chi connectivity index (χ3n) is 4.17. The molecule has 1 heterocycles. The van der Waals surface area contributed by atoms with Gasteiger partial charge in [0.15, 0.2) is 0 Å². The molecule has 2 aromatic rings. The molecule has 1 aliphatic rings. The van der Waals surface area contributed by atoms with Gasteiger partial charge in [0, 0.05) is 12.8 Å². The number of aliphatic carboxylic acids is 1. The van der Waals surface area contributed by atoms with E-state index in [1.165, 1.54) is 4.70 Å². The fourth-order valence-corrected chi connectivity index (χ4v) is 4.09. The predicted octanol–water partition coefficient (Wildman–Crippen LogP) is 4.29. The van der Waals surface area contributed by atoms with Crippen molar-refractivity contribution >= 4 is 27.5 Å². The Labute approximate surface area is 128 Å². The summed E-state index contributed by atoms with van der Waals surface area (Å²) < 4.78 is 1.23. The molecule has 1 unspecified atom stereocenters. The number of rotatable bonds is 5. The number of aromatic nitrogens is 1. The van der Waals surface area contributed by atoms with Crippen molar-refractivity contribution in [1.29, 1.82) is 0 Å². The van der Waals surface area contributed by atoms with Crippen molar-refractivity contribution in [2.45, 2.75) is 32.1 Å². The molecule has 2 atom stereocenters. The van der Waals surface area contributed by atoms with Gasteiger partial charge in [-0.1, -0.05) is 30.7 Å². The van der Waals surface area contributed by atoms with Crippen molar-refractivity contribution in [2.75, 3.05) is 0 Å². The Morgan fingerprint density at radius 2 is 2.24 bits per heavy atom. The molecule has 110 valence electrons. The molecule has 4 heteroatoms. The molecule has 3 rings (SSSR count). The van der Waals surface area contributed by atoms with Crippen LogP contribution < -0.4 is 0 Å². The molecule has 0 amide bonds. The topological polar surface area (TPSA) is 50.2 Å². The van der Waals surface area contributed by atoms with Crippen LogP contribution in [0.25, 0.3) is 10.2 Å². The van der Waals surface area contributed by atoms with E-state index >= 15 is 0 Å². The lowest BCUT2D eigenvalue weighted by atomic mass is 9.92. The Morgan fingerprint density at radius 1 is 1.38 bits per heavy atom. The second-order valence-electron chi connectivity index (χ2n) is 5.66. The fraction of sp³-hybridized carbons (Fsp3) is 0.412. The van der Waals surface area contributed by atoms with E-state index < -0.39 is 5.97 Å². The highest BCUT2D eigenvalue weighted by molar-refractivity contribution is 7.18. The zero-order valence-corrected chi connectivity index (χ0v) is 12.7. The van der Waals surface area contributed by atoms with Crippen LogP contribution in [0.15, 0.2) is 36.4 Å². The van der Waals surface area contributed by atoms with E-state index in [1.54, 1.807) is 11.3 Å². The van der Waals surface area contributed by atoms with Crippen LogP contribution in [0.5, 0.6) is 0 Å². The minimum absolute atomic E-state index is 0.302. The average molecular weight is 301 g/mol. The summed E-state index contributed by atoms with van der Waals surface area (Å²) >= 11 is 1.73. The van der Waals surface area contributed by atoms with Crippen LogP contribution >= 0.6 is 11.3 Å². The molecule has 1 aliphatic carbocycles. The van der Waals surface area contributed by atoms with Gasteiger partial charge in [-0.25, -0.2) is 4.98 Å². The van der Waals surface area contributed by atoms with Gasteiger partial charge < -0.3 is 5.11 Å². The second-order valence-corrected chi connectivity index (χ2v) is 6.78. The van der Waals surface area contributed by atoms with E-state index in [-0.39, 0.29) is 0 Å². The molecular formula is C17H19NO2S. The zero-order chi connectivity index (χ0) is 14.7. The van der Waals surface area contributed by atoms with Crippen LogP contribution in [0.4, 0.5) is 0 Å². The quantitative estimate of drug-likeness (QED) is 0.838. The molecule has 0 aliphatic heterocycles. The molecule has 3 nitrogen and oxygen atoms in total. The molecule has 0 bridgehead atoms. The van der Waals surface area contributed by atoms with Gasteiger partial charge in [-0.2, -0.15) is 0 Å². The summed E-state index contributed by atoms with van der Waals surface area (Å²) in [6, 6.07) is 8.19. The molecule has 0 spiro atoms. The Morgan fingerprint density at radius 3 is 3.05 bits per heavy atom. The van der Waals surface area contributed by atoms with E-state index in [4.69, 9.17) is 5.11 Å². The first-order valence-electron chi connectivity index (χ1n) is 7.45. The maximum Gasteiger partial charge on any atom is 0.303 e. The molecule has 21 heavy (non-hydrogen) atoms. The predicted molar refractivity (Wildman–Crippen MR) is 85.5 cm³/mol. The van der Waals surface area contributed by atoms with Crippen LogP contribution in [0.3, 0.4) is 0 Å². The van der Waals surface area contributed by atoms with Crippen LogP contribution in [0.1, 0.15) is 30.7 Å². The molecule has 0 saturated heterocycles.